The maximum absolute atomic E-state index is 13.2. The molecule has 4 nitrogen and oxygen atoms in total. The van der Waals surface area contributed by atoms with Crippen molar-refractivity contribution in [1.82, 2.24) is 15.3 Å². The Balaban J connectivity index is 1.83. The van der Waals surface area contributed by atoms with Crippen LogP contribution in [0.5, 0.6) is 0 Å². The number of aryl methyl sites for hydroxylation is 1. The number of benzene rings is 1. The van der Waals surface area contributed by atoms with Crippen LogP contribution >= 0.6 is 0 Å². The number of aromatic amines is 1. The molecule has 0 atom stereocenters. The zero-order valence-corrected chi connectivity index (χ0v) is 11.5. The van der Waals surface area contributed by atoms with Gasteiger partial charge in [-0.1, -0.05) is 0 Å². The molecule has 0 spiro atoms. The van der Waals surface area contributed by atoms with Crippen molar-refractivity contribution in [3.63, 3.8) is 0 Å². The van der Waals surface area contributed by atoms with Crippen LogP contribution in [-0.4, -0.2) is 15.9 Å². The largest absolute Gasteiger partial charge is 0.350 e. The van der Waals surface area contributed by atoms with Gasteiger partial charge in [0.15, 0.2) is 0 Å². The van der Waals surface area contributed by atoms with Gasteiger partial charge in [-0.15, -0.1) is 0 Å². The number of H-pyrrole nitrogens is 1. The zero-order valence-electron chi connectivity index (χ0n) is 11.5. The smallest absolute Gasteiger partial charge is 0.268 e. The van der Waals surface area contributed by atoms with E-state index in [0.717, 1.165) is 16.5 Å². The summed E-state index contributed by atoms with van der Waals surface area (Å²) in [5.74, 6) is -0.534. The highest BCUT2D eigenvalue weighted by molar-refractivity contribution is 6.00. The number of fused-ring (bicyclic) bond motifs is 1. The van der Waals surface area contributed by atoms with Gasteiger partial charge in [0.05, 0.1) is 0 Å². The second kappa shape index (κ2) is 5.36. The van der Waals surface area contributed by atoms with Gasteiger partial charge in [0.25, 0.3) is 5.91 Å². The van der Waals surface area contributed by atoms with Crippen molar-refractivity contribution in [2.24, 2.45) is 0 Å². The van der Waals surface area contributed by atoms with Gasteiger partial charge < -0.3 is 10.3 Å². The summed E-state index contributed by atoms with van der Waals surface area (Å²) in [6.07, 6.45) is 3.36. The highest BCUT2D eigenvalue weighted by atomic mass is 19.1. The van der Waals surface area contributed by atoms with E-state index in [9.17, 15) is 9.18 Å². The second-order valence-corrected chi connectivity index (χ2v) is 4.85. The number of nitrogens with one attached hydrogen (secondary N) is 2. The fourth-order valence-corrected chi connectivity index (χ4v) is 2.31. The minimum Gasteiger partial charge on any atom is -0.350 e. The number of aromatic nitrogens is 2. The van der Waals surface area contributed by atoms with Gasteiger partial charge in [-0.2, -0.15) is 0 Å². The molecule has 3 aromatic rings. The van der Waals surface area contributed by atoms with E-state index in [1.165, 1.54) is 12.1 Å². The van der Waals surface area contributed by atoms with E-state index in [1.807, 2.05) is 19.1 Å². The van der Waals surface area contributed by atoms with E-state index < -0.39 is 0 Å². The standard InChI is InChI=1S/C16H14FN3O/c1-10-13-3-2-12(17)8-14(13)20-15(10)16(21)19-9-11-4-6-18-7-5-11/h2-8,20H,9H2,1H3,(H,19,21). The van der Waals surface area contributed by atoms with Gasteiger partial charge >= 0.3 is 0 Å². The van der Waals surface area contributed by atoms with E-state index in [0.29, 0.717) is 17.8 Å². The molecule has 0 saturated heterocycles. The number of pyridine rings is 1. The van der Waals surface area contributed by atoms with E-state index in [1.54, 1.807) is 18.5 Å². The van der Waals surface area contributed by atoms with Crippen molar-refractivity contribution in [1.29, 1.82) is 0 Å². The first-order chi connectivity index (χ1) is 10.1. The molecule has 0 aliphatic carbocycles. The number of rotatable bonds is 3. The summed E-state index contributed by atoms with van der Waals surface area (Å²) in [5, 5.41) is 3.69. The lowest BCUT2D eigenvalue weighted by Crippen LogP contribution is -2.23. The second-order valence-electron chi connectivity index (χ2n) is 4.85. The van der Waals surface area contributed by atoms with Crippen molar-refractivity contribution >= 4 is 16.8 Å². The number of carbonyl (C=O) groups is 1. The molecule has 2 aromatic heterocycles. The Morgan fingerprint density at radius 1 is 1.29 bits per heavy atom. The quantitative estimate of drug-likeness (QED) is 0.776. The Bertz CT molecular complexity index is 796. The third-order valence-electron chi connectivity index (χ3n) is 3.45. The maximum Gasteiger partial charge on any atom is 0.268 e. The number of halogens is 1. The molecule has 0 radical (unpaired) electrons. The summed E-state index contributed by atoms with van der Waals surface area (Å²) < 4.78 is 13.2. The molecule has 0 aliphatic rings. The summed E-state index contributed by atoms with van der Waals surface area (Å²) in [4.78, 5) is 19.1. The zero-order chi connectivity index (χ0) is 14.8. The van der Waals surface area contributed by atoms with Crippen LogP contribution in [0.25, 0.3) is 10.9 Å². The van der Waals surface area contributed by atoms with Crippen molar-refractivity contribution < 1.29 is 9.18 Å². The molecule has 1 aromatic carbocycles. The number of nitrogens with zero attached hydrogens (tertiary/aromatic N) is 1. The van der Waals surface area contributed by atoms with Crippen molar-refractivity contribution in [3.8, 4) is 0 Å². The third kappa shape index (κ3) is 2.63. The summed E-state index contributed by atoms with van der Waals surface area (Å²) in [5.41, 5.74) is 2.88. The van der Waals surface area contributed by atoms with Crippen molar-refractivity contribution in [2.75, 3.05) is 0 Å². The molecular weight excluding hydrogens is 269 g/mol. The fourth-order valence-electron chi connectivity index (χ4n) is 2.31. The average Bonchev–Trinajstić information content (AvgIpc) is 2.82. The van der Waals surface area contributed by atoms with Crippen LogP contribution in [0.15, 0.2) is 42.7 Å². The van der Waals surface area contributed by atoms with Crippen LogP contribution in [0.4, 0.5) is 4.39 Å². The molecule has 106 valence electrons. The van der Waals surface area contributed by atoms with Gasteiger partial charge in [0, 0.05) is 29.8 Å². The number of amides is 1. The summed E-state index contributed by atoms with van der Waals surface area (Å²) in [6.45, 7) is 2.27. The molecule has 0 unspecified atom stereocenters. The van der Waals surface area contributed by atoms with Crippen molar-refractivity contribution in [3.05, 3.63) is 65.4 Å². The van der Waals surface area contributed by atoms with Gasteiger partial charge in [-0.25, -0.2) is 4.39 Å². The summed E-state index contributed by atoms with van der Waals surface area (Å²) in [6, 6.07) is 8.14. The molecule has 5 heteroatoms. The lowest BCUT2D eigenvalue weighted by molar-refractivity contribution is 0.0946. The molecular formula is C16H14FN3O. The van der Waals surface area contributed by atoms with Gasteiger partial charge in [-0.3, -0.25) is 9.78 Å². The maximum atomic E-state index is 13.2. The van der Waals surface area contributed by atoms with E-state index in [4.69, 9.17) is 0 Å². The molecule has 3 rings (SSSR count). The highest BCUT2D eigenvalue weighted by Crippen LogP contribution is 2.22. The topological polar surface area (TPSA) is 57.8 Å². The molecule has 0 aliphatic heterocycles. The minimum atomic E-state index is -0.326. The van der Waals surface area contributed by atoms with E-state index in [-0.39, 0.29) is 11.7 Å². The molecule has 0 fully saturated rings. The van der Waals surface area contributed by atoms with Crippen LogP contribution < -0.4 is 5.32 Å². The Hall–Kier alpha value is -2.69. The number of hydrogen-bond acceptors (Lipinski definition) is 2. The number of hydrogen-bond donors (Lipinski definition) is 2. The fraction of sp³-hybridized carbons (Fsp3) is 0.125. The first kappa shape index (κ1) is 13.3. The predicted molar refractivity (Wildman–Crippen MR) is 78.4 cm³/mol. The molecule has 21 heavy (non-hydrogen) atoms. The average molecular weight is 283 g/mol. The van der Waals surface area contributed by atoms with E-state index >= 15 is 0 Å². The van der Waals surface area contributed by atoms with Crippen LogP contribution in [0, 0.1) is 12.7 Å². The van der Waals surface area contributed by atoms with Crippen LogP contribution in [0.2, 0.25) is 0 Å². The Kier molecular flexibility index (Phi) is 3.39. The molecule has 2 heterocycles. The predicted octanol–water partition coefficient (Wildman–Crippen LogP) is 2.94. The first-order valence-electron chi connectivity index (χ1n) is 6.60. The third-order valence-corrected chi connectivity index (χ3v) is 3.45. The van der Waals surface area contributed by atoms with Crippen molar-refractivity contribution in [2.45, 2.75) is 13.5 Å². The molecule has 2 N–H and O–H groups in total. The van der Waals surface area contributed by atoms with Crippen LogP contribution in [0.1, 0.15) is 21.6 Å². The lowest BCUT2D eigenvalue weighted by atomic mass is 10.1. The summed E-state index contributed by atoms with van der Waals surface area (Å²) >= 11 is 0. The molecule has 0 saturated carbocycles. The van der Waals surface area contributed by atoms with Gasteiger partial charge in [-0.05, 0) is 48.4 Å². The lowest BCUT2D eigenvalue weighted by Gasteiger charge is -2.04. The minimum absolute atomic E-state index is 0.207. The SMILES string of the molecule is Cc1c(C(=O)NCc2ccncc2)[nH]c2cc(F)ccc12. The summed E-state index contributed by atoms with van der Waals surface area (Å²) in [7, 11) is 0. The van der Waals surface area contributed by atoms with Gasteiger partial charge in [0.2, 0.25) is 0 Å². The molecule has 0 bridgehead atoms. The van der Waals surface area contributed by atoms with Crippen LogP contribution in [-0.2, 0) is 6.54 Å². The van der Waals surface area contributed by atoms with Gasteiger partial charge in [0.1, 0.15) is 11.5 Å². The Morgan fingerprint density at radius 3 is 2.81 bits per heavy atom. The Morgan fingerprint density at radius 2 is 2.05 bits per heavy atom. The monoisotopic (exact) mass is 283 g/mol. The highest BCUT2D eigenvalue weighted by Gasteiger charge is 2.14. The first-order valence-corrected chi connectivity index (χ1v) is 6.60. The van der Waals surface area contributed by atoms with Crippen LogP contribution in [0.3, 0.4) is 0 Å². The number of carbonyl (C=O) groups excluding carboxylic acids is 1. The normalized spacial score (nSPS) is 10.8. The van der Waals surface area contributed by atoms with E-state index in [2.05, 4.69) is 15.3 Å². The Labute approximate surface area is 121 Å². The molecule has 1 amide bonds.